The monoisotopic (exact) mass is 270 g/mol. The number of hydrazine groups is 1. The predicted octanol–water partition coefficient (Wildman–Crippen LogP) is 2.52. The van der Waals surface area contributed by atoms with Gasteiger partial charge < -0.3 is 0 Å². The van der Waals surface area contributed by atoms with Gasteiger partial charge in [0.15, 0.2) is 0 Å². The minimum Gasteiger partial charge on any atom is -0.271 e. The molecule has 0 spiro atoms. The van der Waals surface area contributed by atoms with Crippen LogP contribution in [-0.2, 0) is 6.42 Å². The molecule has 1 atom stereocenters. The molecular formula is C16H22N4. The number of rotatable bonds is 4. The topological polar surface area (TPSA) is 63.8 Å². The maximum Gasteiger partial charge on any atom is 0.0731 e. The maximum atomic E-state index is 5.82. The lowest BCUT2D eigenvalue weighted by Crippen LogP contribution is -2.30. The van der Waals surface area contributed by atoms with E-state index in [9.17, 15) is 0 Å². The van der Waals surface area contributed by atoms with Gasteiger partial charge in [-0.3, -0.25) is 5.84 Å². The molecule has 3 N–H and O–H groups in total. The van der Waals surface area contributed by atoms with Crippen molar-refractivity contribution in [1.82, 2.24) is 15.6 Å². The summed E-state index contributed by atoms with van der Waals surface area (Å²) in [4.78, 5) is 0. The van der Waals surface area contributed by atoms with Crippen molar-refractivity contribution in [1.29, 1.82) is 0 Å². The van der Waals surface area contributed by atoms with Crippen LogP contribution in [0.4, 0.5) is 0 Å². The molecule has 1 aromatic heterocycles. The van der Waals surface area contributed by atoms with Crippen LogP contribution in [-0.4, -0.2) is 10.2 Å². The molecule has 4 heteroatoms. The van der Waals surface area contributed by atoms with Gasteiger partial charge in [0.05, 0.1) is 17.4 Å². The van der Waals surface area contributed by atoms with Crippen molar-refractivity contribution < 1.29 is 0 Å². The van der Waals surface area contributed by atoms with Gasteiger partial charge in [-0.15, -0.1) is 0 Å². The summed E-state index contributed by atoms with van der Waals surface area (Å²) in [6, 6.07) is 8.42. The second-order valence-electron chi connectivity index (χ2n) is 5.20. The molecule has 0 aliphatic heterocycles. The van der Waals surface area contributed by atoms with E-state index >= 15 is 0 Å². The van der Waals surface area contributed by atoms with E-state index in [1.165, 1.54) is 16.7 Å². The molecule has 0 radical (unpaired) electrons. The average Bonchev–Trinajstić information content (AvgIpc) is 2.42. The van der Waals surface area contributed by atoms with Crippen molar-refractivity contribution in [3.05, 3.63) is 57.9 Å². The first-order valence-corrected chi connectivity index (χ1v) is 6.93. The lowest BCUT2D eigenvalue weighted by atomic mass is 9.93. The largest absolute Gasteiger partial charge is 0.271 e. The molecule has 0 saturated carbocycles. The Labute approximate surface area is 120 Å². The Morgan fingerprint density at radius 3 is 2.45 bits per heavy atom. The summed E-state index contributed by atoms with van der Waals surface area (Å²) in [5.41, 5.74) is 9.58. The Hall–Kier alpha value is -1.78. The second-order valence-corrected chi connectivity index (χ2v) is 5.20. The second kappa shape index (κ2) is 6.11. The summed E-state index contributed by atoms with van der Waals surface area (Å²) >= 11 is 0. The molecule has 0 bridgehead atoms. The number of benzene rings is 1. The van der Waals surface area contributed by atoms with Gasteiger partial charge in [0, 0.05) is 5.56 Å². The molecule has 1 aromatic carbocycles. The normalized spacial score (nSPS) is 12.4. The fourth-order valence-electron chi connectivity index (χ4n) is 2.56. The molecular weight excluding hydrogens is 248 g/mol. The van der Waals surface area contributed by atoms with Crippen molar-refractivity contribution >= 4 is 0 Å². The molecule has 0 aliphatic rings. The van der Waals surface area contributed by atoms with Crippen LogP contribution in [0.2, 0.25) is 0 Å². The van der Waals surface area contributed by atoms with E-state index in [0.29, 0.717) is 0 Å². The standard InChI is InChI=1S/C16H22N4/c1-5-15-14(9-12(4)19-20-15)16(18-17)13-7-6-10(2)8-11(13)3/h6-9,16,18H,5,17H2,1-4H3. The van der Waals surface area contributed by atoms with Gasteiger partial charge in [-0.2, -0.15) is 10.2 Å². The zero-order chi connectivity index (χ0) is 14.7. The summed E-state index contributed by atoms with van der Waals surface area (Å²) in [6.07, 6.45) is 0.839. The van der Waals surface area contributed by atoms with E-state index in [1.807, 2.05) is 6.92 Å². The number of aromatic nitrogens is 2. The summed E-state index contributed by atoms with van der Waals surface area (Å²) in [7, 11) is 0. The number of nitrogens with one attached hydrogen (secondary N) is 1. The predicted molar refractivity (Wildman–Crippen MR) is 81.2 cm³/mol. The molecule has 20 heavy (non-hydrogen) atoms. The highest BCUT2D eigenvalue weighted by atomic mass is 15.2. The SMILES string of the molecule is CCc1nnc(C)cc1C(NN)c1ccc(C)cc1C. The van der Waals surface area contributed by atoms with Crippen LogP contribution in [0.5, 0.6) is 0 Å². The Bertz CT molecular complexity index is 607. The first-order chi connectivity index (χ1) is 9.56. The van der Waals surface area contributed by atoms with Crippen LogP contribution in [0.15, 0.2) is 24.3 Å². The summed E-state index contributed by atoms with van der Waals surface area (Å²) in [5, 5.41) is 8.43. The minimum atomic E-state index is -0.0558. The van der Waals surface area contributed by atoms with Gasteiger partial charge in [-0.25, -0.2) is 5.43 Å². The average molecular weight is 270 g/mol. The molecule has 2 rings (SSSR count). The molecule has 0 saturated heterocycles. The van der Waals surface area contributed by atoms with Crippen LogP contribution in [0.25, 0.3) is 0 Å². The third-order valence-electron chi connectivity index (χ3n) is 3.57. The highest BCUT2D eigenvalue weighted by molar-refractivity contribution is 5.40. The molecule has 0 amide bonds. The molecule has 106 valence electrons. The van der Waals surface area contributed by atoms with E-state index in [4.69, 9.17) is 5.84 Å². The van der Waals surface area contributed by atoms with Crippen molar-refractivity contribution in [2.24, 2.45) is 5.84 Å². The Kier molecular flexibility index (Phi) is 4.47. The maximum absolute atomic E-state index is 5.82. The number of hydrogen-bond donors (Lipinski definition) is 2. The fraction of sp³-hybridized carbons (Fsp3) is 0.375. The van der Waals surface area contributed by atoms with Crippen molar-refractivity contribution in [2.45, 2.75) is 40.2 Å². The summed E-state index contributed by atoms with van der Waals surface area (Å²) in [5.74, 6) is 5.82. The van der Waals surface area contributed by atoms with E-state index in [2.05, 4.69) is 60.7 Å². The highest BCUT2D eigenvalue weighted by Gasteiger charge is 2.19. The molecule has 0 fully saturated rings. The summed E-state index contributed by atoms with van der Waals surface area (Å²) < 4.78 is 0. The third kappa shape index (κ3) is 2.86. The minimum absolute atomic E-state index is 0.0558. The van der Waals surface area contributed by atoms with Crippen molar-refractivity contribution in [3.8, 4) is 0 Å². The number of nitrogens with two attached hydrogens (primary N) is 1. The molecule has 0 aliphatic carbocycles. The Morgan fingerprint density at radius 2 is 1.85 bits per heavy atom. The van der Waals surface area contributed by atoms with Gasteiger partial charge in [0.25, 0.3) is 0 Å². The van der Waals surface area contributed by atoms with Gasteiger partial charge >= 0.3 is 0 Å². The molecule has 2 aromatic rings. The van der Waals surface area contributed by atoms with Crippen LogP contribution >= 0.6 is 0 Å². The van der Waals surface area contributed by atoms with Crippen molar-refractivity contribution in [2.75, 3.05) is 0 Å². The van der Waals surface area contributed by atoms with E-state index < -0.39 is 0 Å². The van der Waals surface area contributed by atoms with Crippen LogP contribution < -0.4 is 11.3 Å². The van der Waals surface area contributed by atoms with Gasteiger partial charge in [0.1, 0.15) is 0 Å². The van der Waals surface area contributed by atoms with E-state index in [-0.39, 0.29) is 6.04 Å². The smallest absolute Gasteiger partial charge is 0.0731 e. The molecule has 1 heterocycles. The third-order valence-corrected chi connectivity index (χ3v) is 3.57. The van der Waals surface area contributed by atoms with E-state index in [1.54, 1.807) is 0 Å². The molecule has 4 nitrogen and oxygen atoms in total. The number of nitrogens with zero attached hydrogens (tertiary/aromatic N) is 2. The zero-order valence-corrected chi connectivity index (χ0v) is 12.6. The zero-order valence-electron chi connectivity index (χ0n) is 12.6. The van der Waals surface area contributed by atoms with Crippen LogP contribution in [0, 0.1) is 20.8 Å². The van der Waals surface area contributed by atoms with Gasteiger partial charge in [0.2, 0.25) is 0 Å². The number of hydrogen-bond acceptors (Lipinski definition) is 4. The quantitative estimate of drug-likeness (QED) is 0.662. The Morgan fingerprint density at radius 1 is 1.10 bits per heavy atom. The van der Waals surface area contributed by atoms with Crippen LogP contribution in [0.3, 0.4) is 0 Å². The van der Waals surface area contributed by atoms with Crippen LogP contribution in [0.1, 0.15) is 46.6 Å². The highest BCUT2D eigenvalue weighted by Crippen LogP contribution is 2.27. The lowest BCUT2D eigenvalue weighted by molar-refractivity contribution is 0.618. The van der Waals surface area contributed by atoms with Crippen molar-refractivity contribution in [3.63, 3.8) is 0 Å². The fourth-order valence-corrected chi connectivity index (χ4v) is 2.56. The molecule has 1 unspecified atom stereocenters. The van der Waals surface area contributed by atoms with Gasteiger partial charge in [-0.05, 0) is 44.4 Å². The Balaban J connectivity index is 2.54. The lowest BCUT2D eigenvalue weighted by Gasteiger charge is -2.21. The summed E-state index contributed by atoms with van der Waals surface area (Å²) in [6.45, 7) is 8.24. The van der Waals surface area contributed by atoms with Gasteiger partial charge in [-0.1, -0.05) is 30.7 Å². The van der Waals surface area contributed by atoms with E-state index in [0.717, 1.165) is 23.4 Å². The first kappa shape index (κ1) is 14.6. The first-order valence-electron chi connectivity index (χ1n) is 6.93. The number of aryl methyl sites for hydroxylation is 4.